The second-order valence-corrected chi connectivity index (χ2v) is 4.43. The first-order chi connectivity index (χ1) is 8.88. The van der Waals surface area contributed by atoms with Gasteiger partial charge < -0.3 is 14.8 Å². The fourth-order valence-electron chi connectivity index (χ4n) is 1.94. The number of aromatic nitrogens is 2. The Hall–Kier alpha value is -1.20. The van der Waals surface area contributed by atoms with E-state index in [1.807, 2.05) is 6.92 Å². The van der Waals surface area contributed by atoms with Gasteiger partial charge in [-0.1, -0.05) is 0 Å². The van der Waals surface area contributed by atoms with Crippen molar-refractivity contribution in [1.29, 1.82) is 0 Å². The van der Waals surface area contributed by atoms with Gasteiger partial charge in [-0.05, 0) is 26.2 Å². The Balaban J connectivity index is 1.69. The summed E-state index contributed by atoms with van der Waals surface area (Å²) < 4.78 is 11.2. The summed E-state index contributed by atoms with van der Waals surface area (Å²) in [4.78, 5) is 8.54. The maximum atomic E-state index is 5.61. The Labute approximate surface area is 108 Å². The molecular weight excluding hydrogens is 230 g/mol. The molecule has 18 heavy (non-hydrogen) atoms. The van der Waals surface area contributed by atoms with E-state index in [1.54, 1.807) is 12.4 Å². The van der Waals surface area contributed by atoms with E-state index in [-0.39, 0.29) is 6.10 Å². The number of ether oxygens (including phenoxy) is 2. The summed E-state index contributed by atoms with van der Waals surface area (Å²) in [7, 11) is 0. The van der Waals surface area contributed by atoms with Gasteiger partial charge in [-0.2, -0.15) is 0 Å². The third-order valence-corrected chi connectivity index (χ3v) is 2.89. The minimum atomic E-state index is 0.257. The van der Waals surface area contributed by atoms with Crippen molar-refractivity contribution >= 4 is 5.82 Å². The van der Waals surface area contributed by atoms with Crippen LogP contribution in [0.4, 0.5) is 5.82 Å². The molecule has 0 bridgehead atoms. The normalized spacial score (nSPS) is 19.7. The molecule has 1 saturated heterocycles. The summed E-state index contributed by atoms with van der Waals surface area (Å²) in [6.07, 6.45) is 7.26. The van der Waals surface area contributed by atoms with Gasteiger partial charge in [0.05, 0.1) is 37.4 Å². The largest absolute Gasteiger partial charge is 0.376 e. The topological polar surface area (TPSA) is 56.3 Å². The minimum absolute atomic E-state index is 0.257. The molecule has 0 saturated carbocycles. The van der Waals surface area contributed by atoms with Crippen molar-refractivity contribution in [2.24, 2.45) is 0 Å². The van der Waals surface area contributed by atoms with E-state index in [4.69, 9.17) is 9.47 Å². The second kappa shape index (κ2) is 7.28. The average molecular weight is 251 g/mol. The molecule has 1 fully saturated rings. The van der Waals surface area contributed by atoms with Gasteiger partial charge in [0.2, 0.25) is 0 Å². The molecule has 1 aromatic rings. The Bertz CT molecular complexity index is 337. The summed E-state index contributed by atoms with van der Waals surface area (Å²) in [5, 5.41) is 3.11. The zero-order valence-electron chi connectivity index (χ0n) is 10.9. The van der Waals surface area contributed by atoms with E-state index in [0.29, 0.717) is 13.2 Å². The molecule has 1 unspecified atom stereocenters. The Morgan fingerprint density at radius 1 is 1.39 bits per heavy atom. The van der Waals surface area contributed by atoms with Crippen LogP contribution in [0.1, 0.15) is 31.9 Å². The highest BCUT2D eigenvalue weighted by atomic mass is 16.5. The van der Waals surface area contributed by atoms with Crippen LogP contribution in [0.15, 0.2) is 12.4 Å². The van der Waals surface area contributed by atoms with Gasteiger partial charge in [0.25, 0.3) is 0 Å². The van der Waals surface area contributed by atoms with E-state index >= 15 is 0 Å². The number of anilines is 1. The second-order valence-electron chi connectivity index (χ2n) is 4.43. The summed E-state index contributed by atoms with van der Waals surface area (Å²) in [5.41, 5.74) is 0.854. The molecule has 1 N–H and O–H groups in total. The zero-order chi connectivity index (χ0) is 12.6. The first-order valence-electron chi connectivity index (χ1n) is 6.62. The molecule has 5 heteroatoms. The third kappa shape index (κ3) is 4.23. The van der Waals surface area contributed by atoms with Gasteiger partial charge in [-0.25, -0.2) is 4.98 Å². The quantitative estimate of drug-likeness (QED) is 0.838. The average Bonchev–Trinajstić information content (AvgIpc) is 2.42. The number of rotatable bonds is 6. The monoisotopic (exact) mass is 251 g/mol. The van der Waals surface area contributed by atoms with Crippen LogP contribution >= 0.6 is 0 Å². The van der Waals surface area contributed by atoms with Crippen LogP contribution in [0.2, 0.25) is 0 Å². The molecule has 1 atom stereocenters. The van der Waals surface area contributed by atoms with Crippen molar-refractivity contribution in [1.82, 2.24) is 9.97 Å². The molecule has 0 aliphatic carbocycles. The highest BCUT2D eigenvalue weighted by Crippen LogP contribution is 2.13. The Morgan fingerprint density at radius 2 is 2.33 bits per heavy atom. The van der Waals surface area contributed by atoms with E-state index in [2.05, 4.69) is 15.3 Å². The Kier molecular flexibility index (Phi) is 5.36. The van der Waals surface area contributed by atoms with Gasteiger partial charge in [0.15, 0.2) is 0 Å². The van der Waals surface area contributed by atoms with Crippen LogP contribution in [0.25, 0.3) is 0 Å². The van der Waals surface area contributed by atoms with Crippen molar-refractivity contribution in [3.63, 3.8) is 0 Å². The van der Waals surface area contributed by atoms with Crippen molar-refractivity contribution < 1.29 is 9.47 Å². The van der Waals surface area contributed by atoms with Gasteiger partial charge >= 0.3 is 0 Å². The SMILES string of the molecule is CCNc1cnc(COCC2CCCCO2)cn1. The summed E-state index contributed by atoms with van der Waals surface area (Å²) in [6, 6.07) is 0. The maximum Gasteiger partial charge on any atom is 0.144 e. The Morgan fingerprint density at radius 3 is 3.00 bits per heavy atom. The van der Waals surface area contributed by atoms with Crippen molar-refractivity contribution in [2.75, 3.05) is 25.1 Å². The molecule has 1 aliphatic rings. The van der Waals surface area contributed by atoms with E-state index in [0.717, 1.165) is 31.1 Å². The van der Waals surface area contributed by atoms with Crippen molar-refractivity contribution in [2.45, 2.75) is 38.9 Å². The van der Waals surface area contributed by atoms with Gasteiger partial charge in [-0.3, -0.25) is 4.98 Å². The van der Waals surface area contributed by atoms with Crippen LogP contribution in [-0.2, 0) is 16.1 Å². The summed E-state index contributed by atoms with van der Waals surface area (Å²) >= 11 is 0. The molecule has 0 radical (unpaired) electrons. The summed E-state index contributed by atoms with van der Waals surface area (Å²) in [5.74, 6) is 0.803. The molecular formula is C13H21N3O2. The van der Waals surface area contributed by atoms with Crippen molar-refractivity contribution in [3.8, 4) is 0 Å². The lowest BCUT2D eigenvalue weighted by atomic mass is 10.1. The summed E-state index contributed by atoms with van der Waals surface area (Å²) in [6.45, 7) is 4.90. The highest BCUT2D eigenvalue weighted by Gasteiger charge is 2.13. The predicted molar refractivity (Wildman–Crippen MR) is 69.4 cm³/mol. The molecule has 5 nitrogen and oxygen atoms in total. The molecule has 0 spiro atoms. The van der Waals surface area contributed by atoms with Crippen LogP contribution in [0.3, 0.4) is 0 Å². The molecule has 100 valence electrons. The number of nitrogens with zero attached hydrogens (tertiary/aromatic N) is 2. The lowest BCUT2D eigenvalue weighted by Crippen LogP contribution is -2.24. The van der Waals surface area contributed by atoms with Gasteiger partial charge in [-0.15, -0.1) is 0 Å². The first-order valence-corrected chi connectivity index (χ1v) is 6.62. The number of hydrogen-bond donors (Lipinski definition) is 1. The number of hydrogen-bond acceptors (Lipinski definition) is 5. The van der Waals surface area contributed by atoms with Crippen LogP contribution in [-0.4, -0.2) is 35.8 Å². The van der Waals surface area contributed by atoms with E-state index in [1.165, 1.54) is 12.8 Å². The molecule has 2 heterocycles. The zero-order valence-corrected chi connectivity index (χ0v) is 10.9. The maximum absolute atomic E-state index is 5.61. The lowest BCUT2D eigenvalue weighted by Gasteiger charge is -2.22. The standard InChI is InChI=1S/C13H21N3O2/c1-2-14-13-8-15-11(7-16-13)9-17-10-12-5-3-4-6-18-12/h7-8,12H,2-6,9-10H2,1H3,(H,14,16). The van der Waals surface area contributed by atoms with E-state index < -0.39 is 0 Å². The molecule has 1 aromatic heterocycles. The first kappa shape index (κ1) is 13.2. The fraction of sp³-hybridized carbons (Fsp3) is 0.692. The van der Waals surface area contributed by atoms with Crippen LogP contribution in [0, 0.1) is 0 Å². The third-order valence-electron chi connectivity index (χ3n) is 2.89. The smallest absolute Gasteiger partial charge is 0.144 e. The van der Waals surface area contributed by atoms with Crippen LogP contribution in [0.5, 0.6) is 0 Å². The highest BCUT2D eigenvalue weighted by molar-refractivity contribution is 5.30. The predicted octanol–water partition coefficient (Wildman–Crippen LogP) is 1.99. The molecule has 0 aromatic carbocycles. The number of nitrogens with one attached hydrogen (secondary N) is 1. The minimum Gasteiger partial charge on any atom is -0.376 e. The van der Waals surface area contributed by atoms with Gasteiger partial charge in [0.1, 0.15) is 5.82 Å². The van der Waals surface area contributed by atoms with Crippen LogP contribution < -0.4 is 5.32 Å². The molecule has 2 rings (SSSR count). The van der Waals surface area contributed by atoms with Crippen molar-refractivity contribution in [3.05, 3.63) is 18.1 Å². The molecule has 1 aliphatic heterocycles. The van der Waals surface area contributed by atoms with E-state index in [9.17, 15) is 0 Å². The molecule has 0 amide bonds. The lowest BCUT2D eigenvalue weighted by molar-refractivity contribution is -0.0453. The fourth-order valence-corrected chi connectivity index (χ4v) is 1.94. The van der Waals surface area contributed by atoms with Gasteiger partial charge in [0, 0.05) is 13.2 Å².